The highest BCUT2D eigenvalue weighted by Gasteiger charge is 2.44. The van der Waals surface area contributed by atoms with Gasteiger partial charge in [-0.3, -0.25) is 14.5 Å². The van der Waals surface area contributed by atoms with Gasteiger partial charge in [-0.05, 0) is 49.0 Å². The molecule has 0 radical (unpaired) electrons. The van der Waals surface area contributed by atoms with E-state index in [4.69, 9.17) is 23.8 Å². The van der Waals surface area contributed by atoms with E-state index in [2.05, 4.69) is 15.5 Å². The van der Waals surface area contributed by atoms with Crippen LogP contribution in [0.3, 0.4) is 0 Å². The number of aromatic nitrogens is 3. The van der Waals surface area contributed by atoms with Crippen molar-refractivity contribution in [1.82, 2.24) is 20.1 Å². The fraction of sp³-hybridized carbons (Fsp3) is 0.438. The van der Waals surface area contributed by atoms with Gasteiger partial charge in [0.05, 0.1) is 6.54 Å². The van der Waals surface area contributed by atoms with Crippen molar-refractivity contribution >= 4 is 29.7 Å². The second-order valence-electron chi connectivity index (χ2n) is 6.23. The molecule has 120 valence electrons. The van der Waals surface area contributed by atoms with Gasteiger partial charge in [0.2, 0.25) is 5.91 Å². The maximum Gasteiger partial charge on any atom is 0.224 e. The molecule has 23 heavy (non-hydrogen) atoms. The summed E-state index contributed by atoms with van der Waals surface area (Å²) in [5.74, 6) is 1.10. The Balaban J connectivity index is 1.39. The Morgan fingerprint density at radius 1 is 1.43 bits per heavy atom. The van der Waals surface area contributed by atoms with E-state index in [0.717, 1.165) is 35.7 Å². The molecule has 2 fully saturated rings. The molecule has 0 spiro atoms. The van der Waals surface area contributed by atoms with Crippen molar-refractivity contribution in [3.8, 4) is 0 Å². The Hall–Kier alpha value is -1.66. The Morgan fingerprint density at radius 2 is 2.22 bits per heavy atom. The summed E-state index contributed by atoms with van der Waals surface area (Å²) in [7, 11) is 0. The van der Waals surface area contributed by atoms with Gasteiger partial charge in [0.1, 0.15) is 0 Å². The minimum Gasteiger partial charge on any atom is -0.349 e. The van der Waals surface area contributed by atoms with E-state index in [1.807, 2.05) is 28.8 Å². The van der Waals surface area contributed by atoms with Crippen molar-refractivity contribution < 1.29 is 4.79 Å². The Morgan fingerprint density at radius 3 is 2.96 bits per heavy atom. The fourth-order valence-electron chi connectivity index (χ4n) is 3.07. The summed E-state index contributed by atoms with van der Waals surface area (Å²) in [5.41, 5.74) is 1.06. The predicted molar refractivity (Wildman–Crippen MR) is 89.8 cm³/mol. The molecule has 1 aromatic carbocycles. The molecule has 1 heterocycles. The Labute approximate surface area is 144 Å². The maximum atomic E-state index is 12.3. The van der Waals surface area contributed by atoms with Crippen molar-refractivity contribution in [2.45, 2.75) is 37.8 Å². The number of amides is 1. The molecule has 1 aromatic heterocycles. The van der Waals surface area contributed by atoms with E-state index < -0.39 is 0 Å². The summed E-state index contributed by atoms with van der Waals surface area (Å²) in [5, 5.41) is 10.8. The molecule has 0 saturated heterocycles. The second-order valence-corrected chi connectivity index (χ2v) is 7.03. The lowest BCUT2D eigenvalue weighted by molar-refractivity contribution is -0.122. The van der Waals surface area contributed by atoms with Crippen LogP contribution in [0.15, 0.2) is 24.3 Å². The summed E-state index contributed by atoms with van der Waals surface area (Å²) in [6.45, 7) is 0.411. The smallest absolute Gasteiger partial charge is 0.224 e. The Kier molecular flexibility index (Phi) is 3.73. The number of rotatable bonds is 5. The third-order valence-corrected chi connectivity index (χ3v) is 5.17. The van der Waals surface area contributed by atoms with Crippen molar-refractivity contribution in [3.63, 3.8) is 0 Å². The summed E-state index contributed by atoms with van der Waals surface area (Å²) < 4.78 is 2.66. The van der Waals surface area contributed by atoms with Crippen LogP contribution in [-0.2, 0) is 11.3 Å². The van der Waals surface area contributed by atoms with Crippen molar-refractivity contribution in [2.24, 2.45) is 5.92 Å². The number of H-pyrrole nitrogens is 1. The van der Waals surface area contributed by atoms with Crippen LogP contribution < -0.4 is 5.32 Å². The zero-order valence-electron chi connectivity index (χ0n) is 12.5. The van der Waals surface area contributed by atoms with Gasteiger partial charge in [-0.15, -0.1) is 0 Å². The number of halogens is 1. The number of benzene rings is 1. The molecule has 2 atom stereocenters. The second kappa shape index (κ2) is 5.76. The van der Waals surface area contributed by atoms with E-state index in [9.17, 15) is 4.79 Å². The van der Waals surface area contributed by atoms with Gasteiger partial charge < -0.3 is 5.32 Å². The molecule has 2 saturated carbocycles. The maximum absolute atomic E-state index is 12.3. The van der Waals surface area contributed by atoms with E-state index in [1.165, 1.54) is 0 Å². The van der Waals surface area contributed by atoms with Crippen molar-refractivity contribution in [3.05, 3.63) is 45.4 Å². The quantitative estimate of drug-likeness (QED) is 0.814. The largest absolute Gasteiger partial charge is 0.349 e. The van der Waals surface area contributed by atoms with Gasteiger partial charge >= 0.3 is 0 Å². The highest BCUT2D eigenvalue weighted by Crippen LogP contribution is 2.49. The number of nitrogens with zero attached hydrogens (tertiary/aromatic N) is 2. The first-order valence-corrected chi connectivity index (χ1v) is 8.61. The molecule has 2 N–H and O–H groups in total. The van der Waals surface area contributed by atoms with Crippen LogP contribution in [0.1, 0.15) is 42.6 Å². The van der Waals surface area contributed by atoms with E-state index in [-0.39, 0.29) is 17.7 Å². The molecule has 4 rings (SSSR count). The van der Waals surface area contributed by atoms with Crippen LogP contribution in [0, 0.1) is 10.7 Å². The first-order chi connectivity index (χ1) is 11.1. The van der Waals surface area contributed by atoms with E-state index in [1.54, 1.807) is 0 Å². The van der Waals surface area contributed by atoms with Gasteiger partial charge in [0.15, 0.2) is 10.6 Å². The number of hydrogen-bond acceptors (Lipinski definition) is 3. The fourth-order valence-corrected chi connectivity index (χ4v) is 3.65. The van der Waals surface area contributed by atoms with Gasteiger partial charge in [0, 0.05) is 17.0 Å². The molecule has 0 aliphatic heterocycles. The number of hydrogen-bond donors (Lipinski definition) is 2. The molecule has 5 nitrogen and oxygen atoms in total. The van der Waals surface area contributed by atoms with Gasteiger partial charge in [0.25, 0.3) is 0 Å². The zero-order valence-corrected chi connectivity index (χ0v) is 14.0. The number of carbonyl (C=O) groups is 1. The molecule has 0 unspecified atom stereocenters. The lowest BCUT2D eigenvalue weighted by Crippen LogP contribution is -2.26. The van der Waals surface area contributed by atoms with Gasteiger partial charge in [-0.1, -0.05) is 29.8 Å². The van der Waals surface area contributed by atoms with E-state index >= 15 is 0 Å². The third-order valence-electron chi connectivity index (χ3n) is 4.54. The first kappa shape index (κ1) is 14.9. The van der Waals surface area contributed by atoms with Crippen LogP contribution in [0.4, 0.5) is 0 Å². The number of nitrogens with one attached hydrogen (secondary N) is 2. The Bertz CT molecular complexity index is 810. The monoisotopic (exact) mass is 348 g/mol. The highest BCUT2D eigenvalue weighted by molar-refractivity contribution is 7.71. The summed E-state index contributed by atoms with van der Waals surface area (Å²) >= 11 is 11.5. The molecule has 2 aliphatic carbocycles. The average Bonchev–Trinajstić information content (AvgIpc) is 3.45. The molecular weight excluding hydrogens is 332 g/mol. The molecule has 7 heteroatoms. The van der Waals surface area contributed by atoms with Crippen LogP contribution in [-0.4, -0.2) is 20.7 Å². The molecular formula is C16H17ClN4OS. The average molecular weight is 349 g/mol. The van der Waals surface area contributed by atoms with Crippen molar-refractivity contribution in [1.29, 1.82) is 0 Å². The molecule has 2 aliphatic rings. The van der Waals surface area contributed by atoms with Gasteiger partial charge in [-0.25, -0.2) is 0 Å². The summed E-state index contributed by atoms with van der Waals surface area (Å²) in [6.07, 6.45) is 3.11. The predicted octanol–water partition coefficient (Wildman–Crippen LogP) is 3.35. The van der Waals surface area contributed by atoms with Crippen LogP contribution in [0.2, 0.25) is 5.02 Å². The van der Waals surface area contributed by atoms with Gasteiger partial charge in [-0.2, -0.15) is 5.10 Å². The minimum absolute atomic E-state index is 0.00573. The summed E-state index contributed by atoms with van der Waals surface area (Å²) in [6, 6.07) is 8.19. The standard InChI is InChI=1S/C16H17ClN4OS/c17-13-4-2-1-3-10(13)11-7-12(11)15(22)18-8-14-19-20-16(23)21(14)9-5-6-9/h1-4,9,11-12H,5-8H2,(H,18,22)(H,20,23)/t11-,12-/m1/s1. The first-order valence-electron chi connectivity index (χ1n) is 7.83. The third kappa shape index (κ3) is 2.93. The molecule has 2 aromatic rings. The lowest BCUT2D eigenvalue weighted by Gasteiger charge is -2.07. The van der Waals surface area contributed by atoms with E-state index in [0.29, 0.717) is 17.4 Å². The van der Waals surface area contributed by atoms with Crippen LogP contribution in [0.25, 0.3) is 0 Å². The molecule has 1 amide bonds. The molecule has 0 bridgehead atoms. The number of aromatic amines is 1. The van der Waals surface area contributed by atoms with Crippen molar-refractivity contribution in [2.75, 3.05) is 0 Å². The van der Waals surface area contributed by atoms with Crippen LogP contribution >= 0.6 is 23.8 Å². The SMILES string of the molecule is O=C(NCc1n[nH]c(=S)n1C1CC1)[C@@H]1C[C@@H]1c1ccccc1Cl. The normalized spacial score (nSPS) is 22.8. The zero-order chi connectivity index (χ0) is 16.0. The summed E-state index contributed by atoms with van der Waals surface area (Å²) in [4.78, 5) is 12.3. The lowest BCUT2D eigenvalue weighted by atomic mass is 10.1. The highest BCUT2D eigenvalue weighted by atomic mass is 35.5. The van der Waals surface area contributed by atoms with Crippen LogP contribution in [0.5, 0.6) is 0 Å². The minimum atomic E-state index is 0.00573. The number of carbonyl (C=O) groups excluding carboxylic acids is 1. The topological polar surface area (TPSA) is 62.7 Å².